The molecule has 1 aliphatic heterocycles. The summed E-state index contributed by atoms with van der Waals surface area (Å²) in [5, 5.41) is 4.90. The molecule has 2 heterocycles. The monoisotopic (exact) mass is 486 g/mol. The normalized spacial score (nSPS) is 17.1. The van der Waals surface area contributed by atoms with Gasteiger partial charge in [-0.15, -0.1) is 0 Å². The van der Waals surface area contributed by atoms with E-state index in [9.17, 15) is 0 Å². The maximum atomic E-state index is 2.49. The van der Waals surface area contributed by atoms with E-state index in [0.29, 0.717) is 5.41 Å². The van der Waals surface area contributed by atoms with Crippen LogP contribution in [-0.4, -0.2) is 24.1 Å². The molecule has 0 saturated heterocycles. The van der Waals surface area contributed by atoms with Crippen LogP contribution in [0.15, 0.2) is 16.9 Å². The number of hydrogen-bond donors (Lipinski definition) is 0. The molecule has 0 N–H and O–H groups in total. The van der Waals surface area contributed by atoms with Gasteiger partial charge in [0.25, 0.3) is 0 Å². The molecule has 1 aliphatic rings. The van der Waals surface area contributed by atoms with E-state index in [1.807, 2.05) is 14.7 Å². The van der Waals surface area contributed by atoms with E-state index in [1.54, 1.807) is 24.4 Å². The zero-order valence-corrected chi connectivity index (χ0v) is 21.6. The Hall–Kier alpha value is 0.589. The Morgan fingerprint density at radius 1 is 0.960 bits per heavy atom. The van der Waals surface area contributed by atoms with Gasteiger partial charge in [0.2, 0.25) is 0 Å². The Bertz CT molecular complexity index is 534. The van der Waals surface area contributed by atoms with Gasteiger partial charge < -0.3 is 0 Å². The van der Waals surface area contributed by atoms with Crippen LogP contribution in [0.3, 0.4) is 0 Å². The molecule has 1 aromatic heterocycles. The van der Waals surface area contributed by atoms with Gasteiger partial charge in [-0.25, -0.2) is 0 Å². The van der Waals surface area contributed by atoms with Crippen LogP contribution >= 0.6 is 23.1 Å². The fraction of sp³-hybridized carbons (Fsp3) is 0.727. The molecule has 25 heavy (non-hydrogen) atoms. The van der Waals surface area contributed by atoms with Crippen LogP contribution in [0.5, 0.6) is 0 Å². The molecule has 0 atom stereocenters. The van der Waals surface area contributed by atoms with Gasteiger partial charge in [0.05, 0.1) is 0 Å². The number of hydrogen-bond acceptors (Lipinski definition) is 2. The van der Waals surface area contributed by atoms with Gasteiger partial charge in [0, 0.05) is 0 Å². The Kier molecular flexibility index (Phi) is 8.95. The van der Waals surface area contributed by atoms with Gasteiger partial charge in [0.15, 0.2) is 0 Å². The summed E-state index contributed by atoms with van der Waals surface area (Å²) < 4.78 is 6.67. The maximum absolute atomic E-state index is 2.49. The average molecular weight is 485 g/mol. The summed E-state index contributed by atoms with van der Waals surface area (Å²) in [4.78, 5) is 0. The molecular weight excluding hydrogens is 447 g/mol. The van der Waals surface area contributed by atoms with E-state index in [-0.39, 0.29) is 0 Å². The van der Waals surface area contributed by atoms with E-state index in [4.69, 9.17) is 0 Å². The zero-order valence-electron chi connectivity index (χ0n) is 17.1. The summed E-state index contributed by atoms with van der Waals surface area (Å²) >= 11 is 1.85. The first-order chi connectivity index (χ1) is 12.0. The Morgan fingerprint density at radius 2 is 1.52 bits per heavy atom. The van der Waals surface area contributed by atoms with E-state index in [2.05, 4.69) is 62.8 Å². The summed E-state index contributed by atoms with van der Waals surface area (Å²) in [5.74, 6) is 1.25. The van der Waals surface area contributed by atoms with Crippen molar-refractivity contribution in [1.29, 1.82) is 0 Å². The molecule has 0 spiro atoms. The second-order valence-corrected chi connectivity index (χ2v) is 24.3. The van der Waals surface area contributed by atoms with Gasteiger partial charge in [-0.3, -0.25) is 0 Å². The standard InChI is InChI=1S/C10H11S2.3C4H9.Sn/c1-10(2)7-12-6-9(10)8-3-4-11-5-8;3*1-3-4-2;/h3-4,6H,7H2,1-2H3;3*1,3-4H2,2H3;. The second-order valence-electron chi connectivity index (χ2n) is 8.48. The van der Waals surface area contributed by atoms with Crippen molar-refractivity contribution in [2.24, 2.45) is 5.41 Å². The van der Waals surface area contributed by atoms with Crippen LogP contribution < -0.4 is 2.89 Å². The van der Waals surface area contributed by atoms with Crippen LogP contribution in [0, 0.1) is 5.41 Å². The predicted octanol–water partition coefficient (Wildman–Crippen LogP) is 7.92. The van der Waals surface area contributed by atoms with Crippen molar-refractivity contribution in [2.45, 2.75) is 86.5 Å². The molecule has 0 unspecified atom stereocenters. The predicted molar refractivity (Wildman–Crippen MR) is 123 cm³/mol. The summed E-state index contributed by atoms with van der Waals surface area (Å²) in [6, 6.07) is 2.48. The Morgan fingerprint density at radius 3 is 1.96 bits per heavy atom. The summed E-state index contributed by atoms with van der Waals surface area (Å²) in [6.45, 7) is 12.0. The molecule has 0 aromatic carbocycles. The summed E-state index contributed by atoms with van der Waals surface area (Å²) in [5.41, 5.74) is 3.68. The molecule has 0 fully saturated rings. The van der Waals surface area contributed by atoms with Crippen molar-refractivity contribution in [2.75, 3.05) is 5.75 Å². The van der Waals surface area contributed by atoms with E-state index >= 15 is 0 Å². The van der Waals surface area contributed by atoms with Gasteiger partial charge in [-0.2, -0.15) is 0 Å². The molecule has 0 nitrogen and oxygen atoms in total. The fourth-order valence-electron chi connectivity index (χ4n) is 4.19. The topological polar surface area (TPSA) is 0 Å². The van der Waals surface area contributed by atoms with Crippen molar-refractivity contribution < 1.29 is 0 Å². The number of unbranched alkanes of at least 4 members (excludes halogenated alkanes) is 3. The van der Waals surface area contributed by atoms with Crippen molar-refractivity contribution in [3.63, 3.8) is 0 Å². The van der Waals surface area contributed by atoms with Crippen molar-refractivity contribution in [3.05, 3.63) is 22.4 Å². The molecule has 0 radical (unpaired) electrons. The van der Waals surface area contributed by atoms with Gasteiger partial charge in [0.1, 0.15) is 0 Å². The zero-order chi connectivity index (χ0) is 18.3. The van der Waals surface area contributed by atoms with E-state index in [0.717, 1.165) is 0 Å². The molecule has 3 heteroatoms. The Balaban J connectivity index is 2.44. The van der Waals surface area contributed by atoms with Crippen LogP contribution in [0.1, 0.15) is 78.7 Å². The third-order valence-corrected chi connectivity index (χ3v) is 26.5. The average Bonchev–Trinajstić information content (AvgIpc) is 3.20. The number of allylic oxidation sites excluding steroid dienone is 1. The van der Waals surface area contributed by atoms with Crippen molar-refractivity contribution >= 4 is 49.9 Å². The van der Waals surface area contributed by atoms with Crippen LogP contribution in [0.4, 0.5) is 0 Å². The first-order valence-corrected chi connectivity index (χ1v) is 19.8. The minimum absolute atomic E-state index is 0.346. The second kappa shape index (κ2) is 10.2. The summed E-state index contributed by atoms with van der Waals surface area (Å²) in [7, 11) is 0. The van der Waals surface area contributed by atoms with E-state index in [1.165, 1.54) is 44.3 Å². The summed E-state index contributed by atoms with van der Waals surface area (Å²) in [6.07, 6.45) is 8.46. The van der Waals surface area contributed by atoms with Gasteiger partial charge in [-0.1, -0.05) is 0 Å². The quantitative estimate of drug-likeness (QED) is 0.287. The first kappa shape index (κ1) is 21.9. The van der Waals surface area contributed by atoms with Crippen molar-refractivity contribution in [3.8, 4) is 0 Å². The van der Waals surface area contributed by atoms with Gasteiger partial charge >= 0.3 is 170 Å². The number of thiophene rings is 1. The molecule has 0 aliphatic carbocycles. The van der Waals surface area contributed by atoms with Crippen LogP contribution in [0.25, 0.3) is 5.57 Å². The molecule has 0 bridgehead atoms. The third kappa shape index (κ3) is 5.31. The third-order valence-electron chi connectivity index (χ3n) is 5.84. The van der Waals surface area contributed by atoms with E-state index < -0.39 is 18.4 Å². The molecule has 142 valence electrons. The number of thioether (sulfide) groups is 1. The Labute approximate surface area is 169 Å². The minimum atomic E-state index is -2.31. The van der Waals surface area contributed by atoms with Crippen LogP contribution in [-0.2, 0) is 0 Å². The molecule has 2 rings (SSSR count). The SMILES string of the molecule is CCC[CH2][Sn]([CH2]CCC)([CH2]CCC)[c]1sccc1C1=CSCC1(C)C. The van der Waals surface area contributed by atoms with Crippen molar-refractivity contribution in [1.82, 2.24) is 0 Å². The fourth-order valence-corrected chi connectivity index (χ4v) is 26.3. The van der Waals surface area contributed by atoms with Crippen LogP contribution in [0.2, 0.25) is 13.3 Å². The first-order valence-electron chi connectivity index (χ1n) is 10.4. The van der Waals surface area contributed by atoms with Gasteiger partial charge in [-0.05, 0) is 0 Å². The molecular formula is C22H38S2Sn. The molecule has 0 saturated carbocycles. The molecule has 0 amide bonds. The molecule has 1 aromatic rings. The number of rotatable bonds is 11.